The third-order valence-electron chi connectivity index (χ3n) is 3.78. The van der Waals surface area contributed by atoms with Crippen LogP contribution in [0.4, 0.5) is 13.2 Å². The molecule has 0 bridgehead atoms. The molecule has 0 aromatic heterocycles. The topological polar surface area (TPSA) is 46.3 Å². The zero-order chi connectivity index (χ0) is 15.8. The van der Waals surface area contributed by atoms with Gasteiger partial charge in [-0.05, 0) is 30.5 Å². The predicted octanol–water partition coefficient (Wildman–Crippen LogP) is 3.28. The van der Waals surface area contributed by atoms with E-state index >= 15 is 0 Å². The number of alkyl halides is 3. The van der Waals surface area contributed by atoms with Crippen LogP contribution in [0, 0.1) is 5.92 Å². The molecular formula is C14H16BrF3N2O. The summed E-state index contributed by atoms with van der Waals surface area (Å²) >= 11 is 3.01. The third kappa shape index (κ3) is 3.58. The third-order valence-corrected chi connectivity index (χ3v) is 4.27. The highest BCUT2D eigenvalue weighted by Gasteiger charge is 2.37. The predicted molar refractivity (Wildman–Crippen MR) is 76.8 cm³/mol. The molecule has 2 N–H and O–H groups in total. The van der Waals surface area contributed by atoms with Gasteiger partial charge >= 0.3 is 6.18 Å². The highest BCUT2D eigenvalue weighted by atomic mass is 79.9. The number of piperidine rings is 1. The number of likely N-dealkylation sites (tertiary alicyclic amines) is 1. The quantitative estimate of drug-likeness (QED) is 0.830. The Balaban J connectivity index is 2.32. The summed E-state index contributed by atoms with van der Waals surface area (Å²) < 4.78 is 39.5. The number of carbonyl (C=O) groups excluding carboxylic acids is 1. The Hall–Kier alpha value is -1.08. The average molecular weight is 365 g/mol. The minimum Gasteiger partial charge on any atom is -0.338 e. The molecule has 7 heteroatoms. The lowest BCUT2D eigenvalue weighted by Gasteiger charge is -2.35. The first-order chi connectivity index (χ1) is 9.70. The molecule has 0 radical (unpaired) electrons. The number of hydrogen-bond donors (Lipinski definition) is 1. The molecule has 3 nitrogen and oxygen atoms in total. The molecule has 1 fully saturated rings. The standard InChI is InChI=1S/C14H16BrF3N2O/c1-8-7-20(5-4-12(8)19)13(21)10-3-2-9(15)6-11(10)14(16,17)18/h2-3,6,8,12H,4-5,7,19H2,1H3. The maximum atomic E-state index is 13.1. The van der Waals surface area contributed by atoms with Gasteiger partial charge in [-0.2, -0.15) is 13.2 Å². The summed E-state index contributed by atoms with van der Waals surface area (Å²) in [5, 5.41) is 0. The van der Waals surface area contributed by atoms with E-state index in [0.717, 1.165) is 6.07 Å². The molecule has 1 heterocycles. The number of amides is 1. The first-order valence-corrected chi connectivity index (χ1v) is 7.41. The second kappa shape index (κ2) is 5.96. The van der Waals surface area contributed by atoms with Crippen molar-refractivity contribution >= 4 is 21.8 Å². The molecule has 0 saturated carbocycles. The Bertz CT molecular complexity index is 548. The lowest BCUT2D eigenvalue weighted by atomic mass is 9.94. The molecule has 0 spiro atoms. The number of nitrogens with two attached hydrogens (primary N) is 1. The normalized spacial score (nSPS) is 23.2. The zero-order valence-electron chi connectivity index (χ0n) is 11.5. The van der Waals surface area contributed by atoms with E-state index in [1.807, 2.05) is 6.92 Å². The van der Waals surface area contributed by atoms with Gasteiger partial charge < -0.3 is 10.6 Å². The van der Waals surface area contributed by atoms with Crippen molar-refractivity contribution in [1.29, 1.82) is 0 Å². The summed E-state index contributed by atoms with van der Waals surface area (Å²) in [5.74, 6) is -0.513. The fourth-order valence-corrected chi connectivity index (χ4v) is 2.82. The molecule has 1 saturated heterocycles. The van der Waals surface area contributed by atoms with Gasteiger partial charge in [-0.25, -0.2) is 0 Å². The first kappa shape index (κ1) is 16.3. The van der Waals surface area contributed by atoms with E-state index in [-0.39, 0.29) is 17.5 Å². The highest BCUT2D eigenvalue weighted by Crippen LogP contribution is 2.34. The van der Waals surface area contributed by atoms with E-state index in [1.54, 1.807) is 0 Å². The fraction of sp³-hybridized carbons (Fsp3) is 0.500. The van der Waals surface area contributed by atoms with Gasteiger partial charge in [-0.3, -0.25) is 4.79 Å². The molecule has 1 aromatic rings. The zero-order valence-corrected chi connectivity index (χ0v) is 13.0. The average Bonchev–Trinajstić information content (AvgIpc) is 2.40. The van der Waals surface area contributed by atoms with E-state index in [1.165, 1.54) is 17.0 Å². The van der Waals surface area contributed by atoms with Crippen LogP contribution < -0.4 is 5.73 Å². The summed E-state index contributed by atoms with van der Waals surface area (Å²) in [5.41, 5.74) is 4.65. The minimum atomic E-state index is -4.56. The maximum absolute atomic E-state index is 13.1. The second-order valence-corrected chi connectivity index (χ2v) is 6.28. The molecule has 1 aliphatic heterocycles. The van der Waals surface area contributed by atoms with E-state index in [4.69, 9.17) is 5.73 Å². The van der Waals surface area contributed by atoms with Crippen LogP contribution in [-0.4, -0.2) is 29.9 Å². The SMILES string of the molecule is CC1CN(C(=O)c2ccc(Br)cc2C(F)(F)F)CCC1N. The van der Waals surface area contributed by atoms with Crippen LogP contribution in [0.1, 0.15) is 29.3 Å². The molecule has 116 valence electrons. The van der Waals surface area contributed by atoms with Crippen molar-refractivity contribution < 1.29 is 18.0 Å². The van der Waals surface area contributed by atoms with Crippen molar-refractivity contribution in [2.45, 2.75) is 25.6 Å². The fourth-order valence-electron chi connectivity index (χ4n) is 2.46. The summed E-state index contributed by atoms with van der Waals surface area (Å²) in [6, 6.07) is 3.59. The Morgan fingerprint density at radius 3 is 2.67 bits per heavy atom. The smallest absolute Gasteiger partial charge is 0.338 e. The number of nitrogens with zero attached hydrogens (tertiary/aromatic N) is 1. The molecule has 2 unspecified atom stereocenters. The highest BCUT2D eigenvalue weighted by molar-refractivity contribution is 9.10. The monoisotopic (exact) mass is 364 g/mol. The summed E-state index contributed by atoms with van der Waals surface area (Å²) in [6.45, 7) is 2.67. The van der Waals surface area contributed by atoms with Gasteiger partial charge in [0.15, 0.2) is 0 Å². The van der Waals surface area contributed by atoms with Crippen molar-refractivity contribution in [2.24, 2.45) is 11.7 Å². The number of halogens is 4. The lowest BCUT2D eigenvalue weighted by Crippen LogP contribution is -2.48. The van der Waals surface area contributed by atoms with Crippen LogP contribution in [0.3, 0.4) is 0 Å². The van der Waals surface area contributed by atoms with E-state index < -0.39 is 17.6 Å². The van der Waals surface area contributed by atoms with Gasteiger partial charge in [0.05, 0.1) is 11.1 Å². The number of rotatable bonds is 1. The van der Waals surface area contributed by atoms with Crippen LogP contribution in [0.2, 0.25) is 0 Å². The van der Waals surface area contributed by atoms with E-state index in [0.29, 0.717) is 24.0 Å². The van der Waals surface area contributed by atoms with Gasteiger partial charge in [0.2, 0.25) is 0 Å². The van der Waals surface area contributed by atoms with Crippen molar-refractivity contribution in [1.82, 2.24) is 4.90 Å². The van der Waals surface area contributed by atoms with E-state index in [9.17, 15) is 18.0 Å². The van der Waals surface area contributed by atoms with Gasteiger partial charge in [-0.1, -0.05) is 22.9 Å². The van der Waals surface area contributed by atoms with Crippen LogP contribution in [-0.2, 0) is 6.18 Å². The summed E-state index contributed by atoms with van der Waals surface area (Å²) in [6.07, 6.45) is -3.96. The number of hydrogen-bond acceptors (Lipinski definition) is 2. The van der Waals surface area contributed by atoms with Gasteiger partial charge in [-0.15, -0.1) is 0 Å². The van der Waals surface area contributed by atoms with Crippen LogP contribution in [0.5, 0.6) is 0 Å². The number of carbonyl (C=O) groups is 1. The van der Waals surface area contributed by atoms with Crippen LogP contribution in [0.15, 0.2) is 22.7 Å². The van der Waals surface area contributed by atoms with Crippen molar-refractivity contribution in [2.75, 3.05) is 13.1 Å². The summed E-state index contributed by atoms with van der Waals surface area (Å²) in [7, 11) is 0. The maximum Gasteiger partial charge on any atom is 0.417 e. The largest absolute Gasteiger partial charge is 0.417 e. The Kier molecular flexibility index (Phi) is 4.63. The second-order valence-electron chi connectivity index (χ2n) is 5.37. The molecule has 2 atom stereocenters. The summed E-state index contributed by atoms with van der Waals surface area (Å²) in [4.78, 5) is 13.9. The molecule has 1 aliphatic rings. The molecule has 1 aromatic carbocycles. The Morgan fingerprint density at radius 1 is 1.43 bits per heavy atom. The molecule has 1 amide bonds. The molecule has 21 heavy (non-hydrogen) atoms. The molecule has 2 rings (SSSR count). The molecular weight excluding hydrogens is 349 g/mol. The number of benzene rings is 1. The van der Waals surface area contributed by atoms with Crippen LogP contribution >= 0.6 is 15.9 Å². The van der Waals surface area contributed by atoms with Gasteiger partial charge in [0.25, 0.3) is 5.91 Å². The van der Waals surface area contributed by atoms with Crippen molar-refractivity contribution in [3.05, 3.63) is 33.8 Å². The minimum absolute atomic E-state index is 0.0129. The molecule has 0 aliphatic carbocycles. The first-order valence-electron chi connectivity index (χ1n) is 6.61. The van der Waals surface area contributed by atoms with Gasteiger partial charge in [0.1, 0.15) is 0 Å². The van der Waals surface area contributed by atoms with Crippen molar-refractivity contribution in [3.63, 3.8) is 0 Å². The van der Waals surface area contributed by atoms with Gasteiger partial charge in [0, 0.05) is 23.6 Å². The van der Waals surface area contributed by atoms with Crippen molar-refractivity contribution in [3.8, 4) is 0 Å². The van der Waals surface area contributed by atoms with E-state index in [2.05, 4.69) is 15.9 Å². The van der Waals surface area contributed by atoms with Crippen LogP contribution in [0.25, 0.3) is 0 Å². The lowest BCUT2D eigenvalue weighted by molar-refractivity contribution is -0.138. The Morgan fingerprint density at radius 2 is 2.10 bits per heavy atom. The Labute approximate surface area is 129 Å².